The zero-order valence-corrected chi connectivity index (χ0v) is 10.6. The van der Waals surface area contributed by atoms with Gasteiger partial charge >= 0.3 is 12.0 Å². The summed E-state index contributed by atoms with van der Waals surface area (Å²) in [5, 5.41) is 11.2. The first kappa shape index (κ1) is 13.1. The number of amides is 3. The number of carboxylic acids is 1. The highest BCUT2D eigenvalue weighted by Crippen LogP contribution is 2.23. The maximum Gasteiger partial charge on any atom is 0.325 e. The molecule has 0 aliphatic carbocycles. The predicted molar refractivity (Wildman–Crippen MR) is 66.5 cm³/mol. The van der Waals surface area contributed by atoms with Crippen molar-refractivity contribution in [2.24, 2.45) is 0 Å². The normalized spacial score (nSPS) is 18.6. The van der Waals surface area contributed by atoms with Gasteiger partial charge in [-0.2, -0.15) is 0 Å². The Morgan fingerprint density at radius 1 is 1.32 bits per heavy atom. The molecule has 0 aromatic heterocycles. The summed E-state index contributed by atoms with van der Waals surface area (Å²) in [7, 11) is 0. The van der Waals surface area contributed by atoms with Gasteiger partial charge < -0.3 is 10.4 Å². The number of hydrogen-bond acceptors (Lipinski definition) is 3. The number of nitrogens with zero attached hydrogens (tertiary/aromatic N) is 1. The molecular weight excluding hydrogens is 248 g/mol. The van der Waals surface area contributed by atoms with Crippen molar-refractivity contribution in [2.45, 2.75) is 19.9 Å². The summed E-state index contributed by atoms with van der Waals surface area (Å²) in [6.07, 6.45) is 0. The van der Waals surface area contributed by atoms with E-state index >= 15 is 0 Å². The smallest absolute Gasteiger partial charge is 0.325 e. The van der Waals surface area contributed by atoms with Crippen LogP contribution in [0.1, 0.15) is 22.7 Å². The van der Waals surface area contributed by atoms with E-state index in [1.807, 2.05) is 26.0 Å². The van der Waals surface area contributed by atoms with Crippen molar-refractivity contribution in [2.75, 3.05) is 6.54 Å². The number of hydrogen-bond donors (Lipinski definition) is 2. The summed E-state index contributed by atoms with van der Waals surface area (Å²) in [6.45, 7) is 3.24. The van der Waals surface area contributed by atoms with Gasteiger partial charge in [-0.05, 0) is 30.5 Å². The van der Waals surface area contributed by atoms with E-state index in [-0.39, 0.29) is 0 Å². The molecule has 1 aromatic rings. The summed E-state index contributed by atoms with van der Waals surface area (Å²) < 4.78 is 0. The molecule has 3 amide bonds. The summed E-state index contributed by atoms with van der Waals surface area (Å²) in [4.78, 5) is 34.9. The first-order chi connectivity index (χ1) is 8.90. The molecule has 2 N–H and O–H groups in total. The van der Waals surface area contributed by atoms with Gasteiger partial charge in [-0.25, -0.2) is 4.79 Å². The number of imide groups is 1. The van der Waals surface area contributed by atoms with Gasteiger partial charge in [-0.3, -0.25) is 14.5 Å². The quantitative estimate of drug-likeness (QED) is 0.795. The highest BCUT2D eigenvalue weighted by molar-refractivity contribution is 6.06. The average Bonchev–Trinajstić information content (AvgIpc) is 2.60. The van der Waals surface area contributed by atoms with Crippen LogP contribution in [0, 0.1) is 13.8 Å². The minimum absolute atomic E-state index is 0.532. The number of aryl methyl sites for hydroxylation is 2. The van der Waals surface area contributed by atoms with Gasteiger partial charge in [0.05, 0.1) is 0 Å². The van der Waals surface area contributed by atoms with E-state index in [1.54, 1.807) is 6.07 Å². The minimum atomic E-state index is -1.22. The van der Waals surface area contributed by atoms with Gasteiger partial charge in [-0.1, -0.05) is 18.2 Å². The lowest BCUT2D eigenvalue weighted by atomic mass is 10.0. The largest absolute Gasteiger partial charge is 0.480 e. The Kier molecular flexibility index (Phi) is 3.25. The Bertz CT molecular complexity index is 568. The molecule has 1 unspecified atom stereocenters. The van der Waals surface area contributed by atoms with E-state index in [4.69, 9.17) is 5.11 Å². The molecule has 1 aromatic carbocycles. The van der Waals surface area contributed by atoms with Crippen molar-refractivity contribution in [3.63, 3.8) is 0 Å². The average molecular weight is 262 g/mol. The van der Waals surface area contributed by atoms with E-state index in [0.29, 0.717) is 10.5 Å². The number of carbonyl (C=O) groups excluding carboxylic acids is 2. The molecule has 0 spiro atoms. The van der Waals surface area contributed by atoms with Crippen LogP contribution in [0.3, 0.4) is 0 Å². The van der Waals surface area contributed by atoms with E-state index in [9.17, 15) is 14.4 Å². The Hall–Kier alpha value is -2.37. The number of carbonyl (C=O) groups is 3. The Labute approximate surface area is 110 Å². The van der Waals surface area contributed by atoms with Crippen molar-refractivity contribution in [3.05, 3.63) is 34.9 Å². The van der Waals surface area contributed by atoms with Crippen LogP contribution in [0.2, 0.25) is 0 Å². The molecule has 1 aliphatic heterocycles. The van der Waals surface area contributed by atoms with Crippen molar-refractivity contribution in [3.8, 4) is 0 Å². The van der Waals surface area contributed by atoms with Crippen molar-refractivity contribution >= 4 is 17.9 Å². The number of nitrogens with one attached hydrogen (secondary N) is 1. The number of urea groups is 1. The summed E-state index contributed by atoms with van der Waals surface area (Å²) in [6, 6.07) is 3.98. The lowest BCUT2D eigenvalue weighted by molar-refractivity contribution is -0.141. The van der Waals surface area contributed by atoms with Crippen LogP contribution >= 0.6 is 0 Å². The zero-order chi connectivity index (χ0) is 14.2. The molecule has 1 aliphatic rings. The minimum Gasteiger partial charge on any atom is -0.480 e. The standard InChI is InChI=1S/C13H14N2O4/c1-7-3-4-9(5-8(7)2)11-12(18)15(6-10(16)17)13(19)14-11/h3-5,11H,6H2,1-2H3,(H,14,19)(H,16,17). The molecule has 19 heavy (non-hydrogen) atoms. The molecule has 100 valence electrons. The van der Waals surface area contributed by atoms with Gasteiger partial charge in [0.15, 0.2) is 0 Å². The van der Waals surface area contributed by atoms with E-state index in [1.165, 1.54) is 0 Å². The molecule has 6 nitrogen and oxygen atoms in total. The Morgan fingerprint density at radius 3 is 2.58 bits per heavy atom. The van der Waals surface area contributed by atoms with Gasteiger partial charge in [0, 0.05) is 0 Å². The molecular formula is C13H14N2O4. The maximum atomic E-state index is 12.0. The van der Waals surface area contributed by atoms with Crippen molar-refractivity contribution in [1.29, 1.82) is 0 Å². The highest BCUT2D eigenvalue weighted by Gasteiger charge is 2.39. The van der Waals surface area contributed by atoms with E-state index in [2.05, 4.69) is 5.32 Å². The monoisotopic (exact) mass is 262 g/mol. The number of benzene rings is 1. The molecule has 1 saturated heterocycles. The molecule has 0 radical (unpaired) electrons. The van der Waals surface area contributed by atoms with Crippen molar-refractivity contribution in [1.82, 2.24) is 10.2 Å². The summed E-state index contributed by atoms with van der Waals surface area (Å²) in [5.41, 5.74) is 2.76. The van der Waals surface area contributed by atoms with Crippen LogP contribution in [0.15, 0.2) is 18.2 Å². The predicted octanol–water partition coefficient (Wildman–Crippen LogP) is 0.981. The highest BCUT2D eigenvalue weighted by atomic mass is 16.4. The first-order valence-corrected chi connectivity index (χ1v) is 5.81. The van der Waals surface area contributed by atoms with Crippen LogP contribution in [0.5, 0.6) is 0 Å². The molecule has 2 rings (SSSR count). The van der Waals surface area contributed by atoms with Crippen LogP contribution in [-0.2, 0) is 9.59 Å². The number of carboxylic acid groups (broad SMARTS) is 1. The Morgan fingerprint density at radius 2 is 2.00 bits per heavy atom. The summed E-state index contributed by atoms with van der Waals surface area (Å²) in [5.74, 6) is -1.75. The zero-order valence-electron chi connectivity index (χ0n) is 10.6. The fourth-order valence-corrected chi connectivity index (χ4v) is 1.97. The van der Waals surface area contributed by atoms with Crippen LogP contribution < -0.4 is 5.32 Å². The van der Waals surface area contributed by atoms with E-state index in [0.717, 1.165) is 11.1 Å². The van der Waals surface area contributed by atoms with Gasteiger partial charge in [0.2, 0.25) is 0 Å². The lowest BCUT2D eigenvalue weighted by Crippen LogP contribution is -2.35. The Balaban J connectivity index is 2.27. The van der Waals surface area contributed by atoms with Gasteiger partial charge in [-0.15, -0.1) is 0 Å². The maximum absolute atomic E-state index is 12.0. The number of aliphatic carboxylic acids is 1. The third kappa shape index (κ3) is 2.42. The van der Waals surface area contributed by atoms with Gasteiger partial charge in [0.1, 0.15) is 12.6 Å². The second-order valence-corrected chi connectivity index (χ2v) is 4.54. The fourth-order valence-electron chi connectivity index (χ4n) is 1.97. The van der Waals surface area contributed by atoms with Crippen LogP contribution in [0.4, 0.5) is 4.79 Å². The second-order valence-electron chi connectivity index (χ2n) is 4.54. The van der Waals surface area contributed by atoms with E-state index < -0.39 is 30.5 Å². The fraction of sp³-hybridized carbons (Fsp3) is 0.308. The SMILES string of the molecule is Cc1ccc(C2NC(=O)N(CC(=O)O)C2=O)cc1C. The topological polar surface area (TPSA) is 86.7 Å². The third-order valence-corrected chi connectivity index (χ3v) is 3.18. The number of rotatable bonds is 3. The van der Waals surface area contributed by atoms with Crippen LogP contribution in [0.25, 0.3) is 0 Å². The first-order valence-electron chi connectivity index (χ1n) is 5.81. The second kappa shape index (κ2) is 4.72. The molecule has 0 saturated carbocycles. The van der Waals surface area contributed by atoms with Gasteiger partial charge in [0.25, 0.3) is 5.91 Å². The molecule has 0 bridgehead atoms. The van der Waals surface area contributed by atoms with Crippen molar-refractivity contribution < 1.29 is 19.5 Å². The molecule has 1 atom stereocenters. The summed E-state index contributed by atoms with van der Waals surface area (Å²) >= 11 is 0. The third-order valence-electron chi connectivity index (χ3n) is 3.18. The molecule has 1 heterocycles. The molecule has 1 fully saturated rings. The lowest BCUT2D eigenvalue weighted by Gasteiger charge is -2.11. The van der Waals surface area contributed by atoms with Crippen LogP contribution in [-0.4, -0.2) is 34.5 Å². The molecule has 6 heteroatoms.